The third kappa shape index (κ3) is 4.92. The second-order valence-corrected chi connectivity index (χ2v) is 5.45. The Hall–Kier alpha value is -2.68. The maximum atomic E-state index is 13.0. The number of hydrogen-bond acceptors (Lipinski definition) is 4. The summed E-state index contributed by atoms with van der Waals surface area (Å²) in [6.07, 6.45) is 5.54. The summed E-state index contributed by atoms with van der Waals surface area (Å²) in [5.74, 6) is -1.61. The van der Waals surface area contributed by atoms with Gasteiger partial charge < -0.3 is 10.1 Å². The number of nitrogens with one attached hydrogen (secondary N) is 1. The van der Waals surface area contributed by atoms with Crippen LogP contribution in [0, 0.1) is 17.1 Å². The molecular weight excluding hydrogens is 299 g/mol. The maximum Gasteiger partial charge on any atom is 0.331 e. The van der Waals surface area contributed by atoms with Gasteiger partial charge in [-0.1, -0.05) is 12.1 Å². The van der Waals surface area contributed by atoms with Crippen molar-refractivity contribution >= 4 is 18.0 Å². The SMILES string of the molecule is N#CC1(NC(=O)COC(=O)/C=C/c2cccc(F)c2)CCCC1. The molecule has 2 rings (SSSR count). The van der Waals surface area contributed by atoms with E-state index in [2.05, 4.69) is 11.4 Å². The van der Waals surface area contributed by atoms with E-state index in [1.165, 1.54) is 24.3 Å². The van der Waals surface area contributed by atoms with Crippen LogP contribution in [0.4, 0.5) is 4.39 Å². The van der Waals surface area contributed by atoms with E-state index in [1.54, 1.807) is 6.07 Å². The highest BCUT2D eigenvalue weighted by Crippen LogP contribution is 2.28. The minimum atomic E-state index is -0.832. The van der Waals surface area contributed by atoms with Crippen LogP contribution in [0.15, 0.2) is 30.3 Å². The first-order chi connectivity index (χ1) is 11.0. The largest absolute Gasteiger partial charge is 0.452 e. The predicted octanol–water partition coefficient (Wildman–Crippen LogP) is 2.33. The van der Waals surface area contributed by atoms with Gasteiger partial charge in [-0.25, -0.2) is 9.18 Å². The minimum absolute atomic E-state index is 0.404. The van der Waals surface area contributed by atoms with Gasteiger partial charge in [-0.2, -0.15) is 5.26 Å². The first kappa shape index (κ1) is 16.7. The standard InChI is InChI=1S/C17H17FN2O3/c18-14-5-3-4-13(10-14)6-7-16(22)23-11-15(21)20-17(12-19)8-1-2-9-17/h3-7,10H,1-2,8-9,11H2,(H,20,21)/b7-6+. The highest BCUT2D eigenvalue weighted by atomic mass is 19.1. The molecule has 1 aliphatic carbocycles. The Morgan fingerprint density at radius 2 is 2.13 bits per heavy atom. The van der Waals surface area contributed by atoms with E-state index in [1.807, 2.05) is 0 Å². The molecule has 0 heterocycles. The molecule has 0 radical (unpaired) electrons. The average Bonchev–Trinajstić information content (AvgIpc) is 3.00. The van der Waals surface area contributed by atoms with Crippen LogP contribution < -0.4 is 5.32 Å². The maximum absolute atomic E-state index is 13.0. The van der Waals surface area contributed by atoms with E-state index in [4.69, 9.17) is 10.00 Å². The molecular formula is C17H17FN2O3. The third-order valence-electron chi connectivity index (χ3n) is 3.66. The van der Waals surface area contributed by atoms with Crippen LogP contribution in [0.1, 0.15) is 31.2 Å². The highest BCUT2D eigenvalue weighted by Gasteiger charge is 2.35. The zero-order chi connectivity index (χ0) is 16.7. The van der Waals surface area contributed by atoms with Crippen LogP contribution >= 0.6 is 0 Å². The molecule has 5 nitrogen and oxygen atoms in total. The first-order valence-electron chi connectivity index (χ1n) is 7.36. The van der Waals surface area contributed by atoms with Gasteiger partial charge in [0.1, 0.15) is 11.4 Å². The van der Waals surface area contributed by atoms with Gasteiger partial charge in [-0.15, -0.1) is 0 Å². The summed E-state index contributed by atoms with van der Waals surface area (Å²) in [7, 11) is 0. The number of halogens is 1. The Labute approximate surface area is 133 Å². The zero-order valence-corrected chi connectivity index (χ0v) is 12.5. The van der Waals surface area contributed by atoms with Crippen molar-refractivity contribution in [3.05, 3.63) is 41.7 Å². The molecule has 0 aliphatic heterocycles. The number of benzene rings is 1. The molecule has 1 amide bonds. The van der Waals surface area contributed by atoms with Crippen molar-refractivity contribution in [3.8, 4) is 6.07 Å². The van der Waals surface area contributed by atoms with Crippen molar-refractivity contribution < 1.29 is 18.7 Å². The van der Waals surface area contributed by atoms with E-state index in [0.29, 0.717) is 18.4 Å². The molecule has 1 aromatic rings. The van der Waals surface area contributed by atoms with Gasteiger partial charge in [0, 0.05) is 6.08 Å². The lowest BCUT2D eigenvalue weighted by Crippen LogP contribution is -2.46. The normalized spacial score (nSPS) is 16.0. The van der Waals surface area contributed by atoms with Crippen LogP contribution in [-0.4, -0.2) is 24.0 Å². The lowest BCUT2D eigenvalue weighted by Gasteiger charge is -2.21. The van der Waals surface area contributed by atoms with Gasteiger partial charge in [-0.05, 0) is 49.5 Å². The summed E-state index contributed by atoms with van der Waals surface area (Å²) in [6.45, 7) is -0.449. The van der Waals surface area contributed by atoms with Crippen molar-refractivity contribution in [2.75, 3.05) is 6.61 Å². The minimum Gasteiger partial charge on any atom is -0.452 e. The molecule has 0 unspecified atom stereocenters. The number of nitrogens with zero attached hydrogens (tertiary/aromatic N) is 1. The van der Waals surface area contributed by atoms with E-state index >= 15 is 0 Å². The van der Waals surface area contributed by atoms with Crippen molar-refractivity contribution in [1.29, 1.82) is 5.26 Å². The van der Waals surface area contributed by atoms with Gasteiger partial charge in [0.25, 0.3) is 5.91 Å². The van der Waals surface area contributed by atoms with Crippen molar-refractivity contribution in [2.24, 2.45) is 0 Å². The molecule has 1 N–H and O–H groups in total. The number of nitriles is 1. The fourth-order valence-electron chi connectivity index (χ4n) is 2.51. The highest BCUT2D eigenvalue weighted by molar-refractivity contribution is 5.89. The summed E-state index contributed by atoms with van der Waals surface area (Å²) >= 11 is 0. The lowest BCUT2D eigenvalue weighted by atomic mass is 10.00. The Balaban J connectivity index is 1.80. The number of esters is 1. The fourth-order valence-corrected chi connectivity index (χ4v) is 2.51. The first-order valence-corrected chi connectivity index (χ1v) is 7.36. The molecule has 0 saturated heterocycles. The van der Waals surface area contributed by atoms with Crippen LogP contribution in [0.25, 0.3) is 6.08 Å². The van der Waals surface area contributed by atoms with Gasteiger partial charge in [-0.3, -0.25) is 4.79 Å². The molecule has 23 heavy (non-hydrogen) atoms. The van der Waals surface area contributed by atoms with Crippen molar-refractivity contribution in [1.82, 2.24) is 5.32 Å². The Morgan fingerprint density at radius 3 is 2.78 bits per heavy atom. The summed E-state index contributed by atoms with van der Waals surface area (Å²) in [6, 6.07) is 7.86. The Kier molecular flexibility index (Phi) is 5.47. The topological polar surface area (TPSA) is 79.2 Å². The number of carbonyl (C=O) groups is 2. The number of rotatable bonds is 5. The third-order valence-corrected chi connectivity index (χ3v) is 3.66. The van der Waals surface area contributed by atoms with Crippen LogP contribution in [0.5, 0.6) is 0 Å². The van der Waals surface area contributed by atoms with Crippen LogP contribution in [-0.2, 0) is 14.3 Å². The second-order valence-electron chi connectivity index (χ2n) is 5.45. The van der Waals surface area contributed by atoms with Crippen LogP contribution in [0.2, 0.25) is 0 Å². The monoisotopic (exact) mass is 316 g/mol. The van der Waals surface area contributed by atoms with E-state index in [-0.39, 0.29) is 0 Å². The van der Waals surface area contributed by atoms with Crippen LogP contribution in [0.3, 0.4) is 0 Å². The molecule has 1 saturated carbocycles. The Morgan fingerprint density at radius 1 is 1.39 bits per heavy atom. The molecule has 6 heteroatoms. The molecule has 0 bridgehead atoms. The summed E-state index contributed by atoms with van der Waals surface area (Å²) in [5, 5.41) is 11.8. The number of carbonyl (C=O) groups excluding carboxylic acids is 2. The number of hydrogen-bond donors (Lipinski definition) is 1. The summed E-state index contributed by atoms with van der Waals surface area (Å²) in [5.41, 5.74) is -0.318. The smallest absolute Gasteiger partial charge is 0.331 e. The quantitative estimate of drug-likeness (QED) is 0.668. The molecule has 0 atom stereocenters. The summed E-state index contributed by atoms with van der Waals surface area (Å²) < 4.78 is 17.8. The van der Waals surface area contributed by atoms with Crippen molar-refractivity contribution in [3.63, 3.8) is 0 Å². The lowest BCUT2D eigenvalue weighted by molar-refractivity contribution is -0.144. The summed E-state index contributed by atoms with van der Waals surface area (Å²) in [4.78, 5) is 23.3. The predicted molar refractivity (Wildman–Crippen MR) is 81.3 cm³/mol. The van der Waals surface area contributed by atoms with Gasteiger partial charge in [0.05, 0.1) is 6.07 Å². The number of ether oxygens (including phenoxy) is 1. The van der Waals surface area contributed by atoms with E-state index in [0.717, 1.165) is 18.9 Å². The van der Waals surface area contributed by atoms with Gasteiger partial charge >= 0.3 is 5.97 Å². The van der Waals surface area contributed by atoms with Gasteiger partial charge in [0.15, 0.2) is 6.61 Å². The molecule has 120 valence electrons. The van der Waals surface area contributed by atoms with Crippen molar-refractivity contribution in [2.45, 2.75) is 31.2 Å². The average molecular weight is 316 g/mol. The molecule has 1 aromatic carbocycles. The van der Waals surface area contributed by atoms with E-state index < -0.39 is 29.8 Å². The molecule has 1 aliphatic rings. The fraction of sp³-hybridized carbons (Fsp3) is 0.353. The molecule has 0 aromatic heterocycles. The number of amides is 1. The zero-order valence-electron chi connectivity index (χ0n) is 12.5. The second kappa shape index (κ2) is 7.54. The Bertz CT molecular complexity index is 658. The van der Waals surface area contributed by atoms with E-state index in [9.17, 15) is 14.0 Å². The van der Waals surface area contributed by atoms with Gasteiger partial charge in [0.2, 0.25) is 0 Å². The molecule has 0 spiro atoms. The molecule has 1 fully saturated rings.